The Kier molecular flexibility index (Phi) is 3.46. The van der Waals surface area contributed by atoms with Gasteiger partial charge in [0, 0.05) is 0 Å². The number of fused-ring (bicyclic) bond motifs is 1. The molecule has 0 amide bonds. The summed E-state index contributed by atoms with van der Waals surface area (Å²) in [6.45, 7) is 5.77. The first-order valence-electron chi connectivity index (χ1n) is 6.86. The predicted octanol–water partition coefficient (Wildman–Crippen LogP) is 5.08. The lowest BCUT2D eigenvalue weighted by molar-refractivity contribution is 0.625. The van der Waals surface area contributed by atoms with E-state index in [1.807, 2.05) is 49.6 Å². The van der Waals surface area contributed by atoms with Crippen LogP contribution in [0.2, 0.25) is 0 Å². The molecule has 0 N–H and O–H groups in total. The maximum absolute atomic E-state index is 13.8. The molecule has 0 aliphatic carbocycles. The van der Waals surface area contributed by atoms with E-state index in [0.29, 0.717) is 0 Å². The van der Waals surface area contributed by atoms with Gasteiger partial charge in [-0.15, -0.1) is 11.6 Å². The van der Waals surface area contributed by atoms with Crippen LogP contribution in [0.1, 0.15) is 29.3 Å². The zero-order valence-electron chi connectivity index (χ0n) is 12.2. The number of hydrogen-bond donors (Lipinski definition) is 0. The fourth-order valence-corrected chi connectivity index (χ4v) is 2.74. The standard InChI is InChI=1S/C17H16ClFN2/c1-10-4-5-16-15(8-10)20-17(12(3)18)21(16)14-7-11(2)6-13(19)9-14/h4-9,12H,1-3H3. The van der Waals surface area contributed by atoms with Crippen molar-refractivity contribution >= 4 is 22.6 Å². The Balaban J connectivity index is 2.36. The van der Waals surface area contributed by atoms with Crippen molar-refractivity contribution < 1.29 is 4.39 Å². The van der Waals surface area contributed by atoms with E-state index in [1.165, 1.54) is 12.1 Å². The van der Waals surface area contributed by atoms with Crippen LogP contribution in [0.25, 0.3) is 16.7 Å². The fourth-order valence-electron chi connectivity index (χ4n) is 2.59. The molecule has 0 spiro atoms. The lowest BCUT2D eigenvalue weighted by Gasteiger charge is -2.11. The van der Waals surface area contributed by atoms with Gasteiger partial charge in [0.15, 0.2) is 0 Å². The number of halogens is 2. The minimum absolute atomic E-state index is 0.257. The van der Waals surface area contributed by atoms with Crippen LogP contribution < -0.4 is 0 Å². The Morgan fingerprint density at radius 1 is 1.10 bits per heavy atom. The number of imidazole rings is 1. The van der Waals surface area contributed by atoms with E-state index < -0.39 is 0 Å². The molecule has 3 rings (SSSR count). The van der Waals surface area contributed by atoms with E-state index in [-0.39, 0.29) is 11.2 Å². The van der Waals surface area contributed by atoms with Crippen LogP contribution in [0.15, 0.2) is 36.4 Å². The molecule has 1 unspecified atom stereocenters. The zero-order chi connectivity index (χ0) is 15.1. The van der Waals surface area contributed by atoms with Gasteiger partial charge in [-0.25, -0.2) is 9.37 Å². The van der Waals surface area contributed by atoms with Crippen molar-refractivity contribution in [1.29, 1.82) is 0 Å². The lowest BCUT2D eigenvalue weighted by atomic mass is 10.2. The van der Waals surface area contributed by atoms with Gasteiger partial charge in [0.1, 0.15) is 11.6 Å². The number of rotatable bonds is 2. The molecule has 4 heteroatoms. The van der Waals surface area contributed by atoms with E-state index in [1.54, 1.807) is 0 Å². The fraction of sp³-hybridized carbons (Fsp3) is 0.235. The molecular weight excluding hydrogens is 287 g/mol. The summed E-state index contributed by atoms with van der Waals surface area (Å²) in [6, 6.07) is 11.0. The lowest BCUT2D eigenvalue weighted by Crippen LogP contribution is -2.02. The molecule has 1 aromatic heterocycles. The molecule has 2 aromatic carbocycles. The number of benzene rings is 2. The highest BCUT2D eigenvalue weighted by Gasteiger charge is 2.17. The SMILES string of the molecule is Cc1cc(F)cc(-n2c(C(C)Cl)nc3cc(C)ccc32)c1. The topological polar surface area (TPSA) is 17.8 Å². The molecule has 3 aromatic rings. The summed E-state index contributed by atoms with van der Waals surface area (Å²) in [5, 5.41) is -0.263. The van der Waals surface area contributed by atoms with E-state index in [4.69, 9.17) is 11.6 Å². The van der Waals surface area contributed by atoms with Crippen molar-refractivity contribution in [3.8, 4) is 5.69 Å². The summed E-state index contributed by atoms with van der Waals surface area (Å²) in [4.78, 5) is 4.62. The number of alkyl halides is 1. The zero-order valence-corrected chi connectivity index (χ0v) is 12.9. The largest absolute Gasteiger partial charge is 0.295 e. The molecular formula is C17H16ClFN2. The van der Waals surface area contributed by atoms with Gasteiger partial charge in [0.25, 0.3) is 0 Å². The monoisotopic (exact) mass is 302 g/mol. The third kappa shape index (κ3) is 2.54. The Labute approximate surface area is 128 Å². The normalized spacial score (nSPS) is 12.8. The van der Waals surface area contributed by atoms with Crippen LogP contribution in [0.3, 0.4) is 0 Å². The molecule has 0 aliphatic rings. The Morgan fingerprint density at radius 3 is 2.52 bits per heavy atom. The van der Waals surface area contributed by atoms with Gasteiger partial charge in [-0.1, -0.05) is 6.07 Å². The summed E-state index contributed by atoms with van der Waals surface area (Å²) in [6.07, 6.45) is 0. The van der Waals surface area contributed by atoms with Crippen LogP contribution in [0, 0.1) is 19.7 Å². The van der Waals surface area contributed by atoms with Crippen molar-refractivity contribution in [2.45, 2.75) is 26.1 Å². The molecule has 108 valence electrons. The average Bonchev–Trinajstić information content (AvgIpc) is 2.76. The van der Waals surface area contributed by atoms with E-state index in [0.717, 1.165) is 33.7 Å². The molecule has 0 radical (unpaired) electrons. The van der Waals surface area contributed by atoms with E-state index in [9.17, 15) is 4.39 Å². The van der Waals surface area contributed by atoms with Gasteiger partial charge in [-0.05, 0) is 62.2 Å². The molecule has 1 atom stereocenters. The first-order valence-corrected chi connectivity index (χ1v) is 7.30. The van der Waals surface area contributed by atoms with Crippen molar-refractivity contribution in [3.05, 3.63) is 59.2 Å². The van der Waals surface area contributed by atoms with Gasteiger partial charge >= 0.3 is 0 Å². The second kappa shape index (κ2) is 5.15. The molecule has 0 fully saturated rings. The highest BCUT2D eigenvalue weighted by Crippen LogP contribution is 2.29. The summed E-state index contributed by atoms with van der Waals surface area (Å²) in [7, 11) is 0. The maximum atomic E-state index is 13.8. The minimum Gasteiger partial charge on any atom is -0.295 e. The third-order valence-corrected chi connectivity index (χ3v) is 3.67. The second-order valence-corrected chi connectivity index (χ2v) is 6.06. The van der Waals surface area contributed by atoms with E-state index in [2.05, 4.69) is 4.98 Å². The van der Waals surface area contributed by atoms with Crippen LogP contribution in [0.4, 0.5) is 4.39 Å². The van der Waals surface area contributed by atoms with Gasteiger partial charge in [-0.2, -0.15) is 0 Å². The number of aryl methyl sites for hydroxylation is 2. The van der Waals surface area contributed by atoms with Crippen LogP contribution in [0.5, 0.6) is 0 Å². The molecule has 21 heavy (non-hydrogen) atoms. The number of nitrogens with zero attached hydrogens (tertiary/aromatic N) is 2. The number of hydrogen-bond acceptors (Lipinski definition) is 1. The summed E-state index contributed by atoms with van der Waals surface area (Å²) >= 11 is 6.27. The van der Waals surface area contributed by atoms with Gasteiger partial charge in [0.05, 0.1) is 22.1 Å². The average molecular weight is 303 g/mol. The summed E-state index contributed by atoms with van der Waals surface area (Å²) in [5.74, 6) is 0.467. The van der Waals surface area contributed by atoms with Crippen molar-refractivity contribution in [2.24, 2.45) is 0 Å². The molecule has 0 bridgehead atoms. The molecule has 2 nitrogen and oxygen atoms in total. The van der Waals surface area contributed by atoms with E-state index >= 15 is 0 Å². The summed E-state index contributed by atoms with van der Waals surface area (Å²) in [5.41, 5.74) is 4.57. The third-order valence-electron chi connectivity index (χ3n) is 3.48. The van der Waals surface area contributed by atoms with Crippen molar-refractivity contribution in [3.63, 3.8) is 0 Å². The second-order valence-electron chi connectivity index (χ2n) is 5.40. The number of aromatic nitrogens is 2. The Hall–Kier alpha value is -1.87. The van der Waals surface area contributed by atoms with Crippen molar-refractivity contribution in [1.82, 2.24) is 9.55 Å². The molecule has 1 heterocycles. The first kappa shape index (κ1) is 14.1. The predicted molar refractivity (Wildman–Crippen MR) is 84.8 cm³/mol. The van der Waals surface area contributed by atoms with Crippen molar-refractivity contribution in [2.75, 3.05) is 0 Å². The molecule has 0 saturated carbocycles. The highest BCUT2D eigenvalue weighted by molar-refractivity contribution is 6.20. The van der Waals surface area contributed by atoms with Crippen LogP contribution >= 0.6 is 11.6 Å². The van der Waals surface area contributed by atoms with Crippen LogP contribution in [-0.2, 0) is 0 Å². The summed E-state index contributed by atoms with van der Waals surface area (Å²) < 4.78 is 15.7. The smallest absolute Gasteiger partial charge is 0.132 e. The maximum Gasteiger partial charge on any atom is 0.132 e. The Bertz CT molecular complexity index is 801. The van der Waals surface area contributed by atoms with Gasteiger partial charge in [0.2, 0.25) is 0 Å². The highest BCUT2D eigenvalue weighted by atomic mass is 35.5. The molecule has 0 saturated heterocycles. The Morgan fingerprint density at radius 2 is 1.86 bits per heavy atom. The van der Waals surface area contributed by atoms with Gasteiger partial charge in [-0.3, -0.25) is 4.57 Å². The van der Waals surface area contributed by atoms with Gasteiger partial charge < -0.3 is 0 Å². The minimum atomic E-state index is -0.263. The van der Waals surface area contributed by atoms with Crippen LogP contribution in [-0.4, -0.2) is 9.55 Å². The first-order chi connectivity index (χ1) is 9.95. The quantitative estimate of drug-likeness (QED) is 0.604. The molecule has 0 aliphatic heterocycles.